The molecule has 3 nitrogen and oxygen atoms in total. The monoisotopic (exact) mass is 304 g/mol. The molecule has 0 unspecified atom stereocenters. The molecule has 1 heterocycles. The van der Waals surface area contributed by atoms with Crippen LogP contribution in [0.5, 0.6) is 0 Å². The highest BCUT2D eigenvalue weighted by Crippen LogP contribution is 2.38. The van der Waals surface area contributed by atoms with E-state index in [9.17, 15) is 0 Å². The van der Waals surface area contributed by atoms with E-state index in [0.717, 1.165) is 23.0 Å². The van der Waals surface area contributed by atoms with E-state index in [-0.39, 0.29) is 0 Å². The molecule has 0 bridgehead atoms. The van der Waals surface area contributed by atoms with Gasteiger partial charge in [0, 0.05) is 29.2 Å². The number of rotatable bonds is 5. The summed E-state index contributed by atoms with van der Waals surface area (Å²) in [6.45, 7) is 7.10. The Bertz CT molecular complexity index is 614. The van der Waals surface area contributed by atoms with Crippen molar-refractivity contribution in [3.05, 3.63) is 51.9 Å². The molecule has 0 saturated heterocycles. The highest BCUT2D eigenvalue weighted by molar-refractivity contribution is 6.31. The Morgan fingerprint density at radius 1 is 1.33 bits per heavy atom. The second kappa shape index (κ2) is 5.82. The van der Waals surface area contributed by atoms with Gasteiger partial charge in [-0.2, -0.15) is 0 Å². The lowest BCUT2D eigenvalue weighted by Gasteiger charge is -2.30. The van der Waals surface area contributed by atoms with E-state index in [2.05, 4.69) is 29.1 Å². The van der Waals surface area contributed by atoms with Crippen LogP contribution in [0.25, 0.3) is 0 Å². The third-order valence-corrected chi connectivity index (χ3v) is 4.73. The molecule has 0 radical (unpaired) electrons. The van der Waals surface area contributed by atoms with Crippen LogP contribution in [0.2, 0.25) is 5.02 Å². The predicted molar refractivity (Wildman–Crippen MR) is 84.4 cm³/mol. The maximum absolute atomic E-state index is 6.38. The normalized spacial score (nSPS) is 16.4. The van der Waals surface area contributed by atoms with Crippen LogP contribution in [0.1, 0.15) is 48.4 Å². The minimum Gasteiger partial charge on any atom is -0.361 e. The van der Waals surface area contributed by atoms with Gasteiger partial charge >= 0.3 is 0 Å². The number of benzene rings is 1. The second-order valence-corrected chi connectivity index (χ2v) is 6.31. The maximum Gasteiger partial charge on any atom is 0.138 e. The smallest absolute Gasteiger partial charge is 0.138 e. The molecular formula is C17H21ClN2O. The Kier molecular flexibility index (Phi) is 4.05. The molecule has 0 spiro atoms. The van der Waals surface area contributed by atoms with Gasteiger partial charge in [-0.1, -0.05) is 35.0 Å². The largest absolute Gasteiger partial charge is 0.361 e. The predicted octanol–water partition coefficient (Wildman–Crippen LogP) is 4.67. The molecule has 21 heavy (non-hydrogen) atoms. The van der Waals surface area contributed by atoms with E-state index in [1.165, 1.54) is 24.0 Å². The summed E-state index contributed by atoms with van der Waals surface area (Å²) in [5, 5.41) is 4.91. The molecule has 1 atom stereocenters. The first-order chi connectivity index (χ1) is 10.1. The summed E-state index contributed by atoms with van der Waals surface area (Å²) in [5.74, 6) is 0.921. The number of hydrogen-bond acceptors (Lipinski definition) is 3. The number of halogens is 1. The fourth-order valence-electron chi connectivity index (χ4n) is 2.89. The number of aromatic nitrogens is 1. The van der Waals surface area contributed by atoms with Gasteiger partial charge in [0.25, 0.3) is 0 Å². The average molecular weight is 305 g/mol. The zero-order chi connectivity index (χ0) is 15.0. The molecule has 1 fully saturated rings. The molecule has 1 saturated carbocycles. The molecule has 2 aromatic rings. The summed E-state index contributed by atoms with van der Waals surface area (Å²) in [5.41, 5.74) is 3.39. The van der Waals surface area contributed by atoms with E-state index >= 15 is 0 Å². The zero-order valence-corrected chi connectivity index (χ0v) is 13.5. The zero-order valence-electron chi connectivity index (χ0n) is 12.8. The van der Waals surface area contributed by atoms with Crippen molar-refractivity contribution in [2.45, 2.75) is 52.2 Å². The summed E-state index contributed by atoms with van der Waals surface area (Å²) < 4.78 is 5.30. The quantitative estimate of drug-likeness (QED) is 0.804. The number of aryl methyl sites for hydroxylation is 2. The van der Waals surface area contributed by atoms with Crippen molar-refractivity contribution < 1.29 is 4.52 Å². The summed E-state index contributed by atoms with van der Waals surface area (Å²) >= 11 is 6.38. The Morgan fingerprint density at radius 3 is 2.62 bits per heavy atom. The van der Waals surface area contributed by atoms with Gasteiger partial charge in [0.1, 0.15) is 5.76 Å². The van der Waals surface area contributed by atoms with Crippen LogP contribution in [0.15, 0.2) is 28.8 Å². The summed E-state index contributed by atoms with van der Waals surface area (Å²) in [6, 6.07) is 9.06. The maximum atomic E-state index is 6.38. The van der Waals surface area contributed by atoms with Gasteiger partial charge < -0.3 is 4.52 Å². The Hall–Kier alpha value is -1.32. The minimum absolute atomic E-state index is 0.292. The molecule has 1 aliphatic rings. The lowest BCUT2D eigenvalue weighted by atomic mass is 10.0. The van der Waals surface area contributed by atoms with Crippen LogP contribution in [0, 0.1) is 13.8 Å². The van der Waals surface area contributed by atoms with E-state index in [0.29, 0.717) is 12.1 Å². The Balaban J connectivity index is 1.87. The van der Waals surface area contributed by atoms with Gasteiger partial charge in [-0.25, -0.2) is 0 Å². The van der Waals surface area contributed by atoms with E-state index in [1.807, 2.05) is 26.0 Å². The lowest BCUT2D eigenvalue weighted by Crippen LogP contribution is -2.29. The summed E-state index contributed by atoms with van der Waals surface area (Å²) in [7, 11) is 0. The SMILES string of the molecule is Cc1noc(C)c1CN(C1CC1)[C@@H](C)c1ccccc1Cl. The standard InChI is InChI=1S/C17H21ClN2O/c1-11-16(13(3)21-19-11)10-20(14-8-9-14)12(2)15-6-4-5-7-17(15)18/h4-7,12,14H,8-10H2,1-3H3/t12-/m0/s1. The highest BCUT2D eigenvalue weighted by Gasteiger charge is 2.34. The van der Waals surface area contributed by atoms with Crippen molar-refractivity contribution in [3.63, 3.8) is 0 Å². The minimum atomic E-state index is 0.292. The van der Waals surface area contributed by atoms with Crippen LogP contribution in [-0.4, -0.2) is 16.1 Å². The van der Waals surface area contributed by atoms with Gasteiger partial charge in [-0.15, -0.1) is 0 Å². The third-order valence-electron chi connectivity index (χ3n) is 4.39. The van der Waals surface area contributed by atoms with Gasteiger partial charge in [-0.3, -0.25) is 4.90 Å². The molecule has 1 aromatic carbocycles. The highest BCUT2D eigenvalue weighted by atomic mass is 35.5. The fourth-order valence-corrected chi connectivity index (χ4v) is 3.18. The molecule has 4 heteroatoms. The number of nitrogens with zero attached hydrogens (tertiary/aromatic N) is 2. The first-order valence-electron chi connectivity index (χ1n) is 7.50. The van der Waals surface area contributed by atoms with E-state index < -0.39 is 0 Å². The molecule has 112 valence electrons. The van der Waals surface area contributed by atoms with E-state index in [4.69, 9.17) is 16.1 Å². The van der Waals surface area contributed by atoms with Gasteiger partial charge in [0.05, 0.1) is 5.69 Å². The van der Waals surface area contributed by atoms with Crippen molar-refractivity contribution in [2.75, 3.05) is 0 Å². The van der Waals surface area contributed by atoms with Crippen molar-refractivity contribution in [2.24, 2.45) is 0 Å². The van der Waals surface area contributed by atoms with Crippen molar-refractivity contribution in [3.8, 4) is 0 Å². The molecule has 0 aliphatic heterocycles. The van der Waals surface area contributed by atoms with Crippen molar-refractivity contribution in [1.82, 2.24) is 10.1 Å². The molecule has 1 aromatic heterocycles. The second-order valence-electron chi connectivity index (χ2n) is 5.90. The molecule has 1 aliphatic carbocycles. The van der Waals surface area contributed by atoms with Gasteiger partial charge in [-0.05, 0) is 45.2 Å². The lowest BCUT2D eigenvalue weighted by molar-refractivity contribution is 0.189. The fraction of sp³-hybridized carbons (Fsp3) is 0.471. The average Bonchev–Trinajstić information content (AvgIpc) is 3.25. The van der Waals surface area contributed by atoms with Gasteiger partial charge in [0.2, 0.25) is 0 Å². The van der Waals surface area contributed by atoms with Crippen LogP contribution in [0.3, 0.4) is 0 Å². The topological polar surface area (TPSA) is 29.3 Å². The van der Waals surface area contributed by atoms with Crippen LogP contribution < -0.4 is 0 Å². The molecule has 3 rings (SSSR count). The first-order valence-corrected chi connectivity index (χ1v) is 7.87. The summed E-state index contributed by atoms with van der Waals surface area (Å²) in [4.78, 5) is 2.52. The Labute approximate surface area is 130 Å². The molecule has 0 amide bonds. The number of hydrogen-bond donors (Lipinski definition) is 0. The third kappa shape index (κ3) is 2.99. The summed E-state index contributed by atoms with van der Waals surface area (Å²) in [6.07, 6.45) is 2.52. The van der Waals surface area contributed by atoms with Crippen molar-refractivity contribution in [1.29, 1.82) is 0 Å². The van der Waals surface area contributed by atoms with Crippen LogP contribution in [0.4, 0.5) is 0 Å². The first kappa shape index (κ1) is 14.6. The van der Waals surface area contributed by atoms with E-state index in [1.54, 1.807) is 0 Å². The van der Waals surface area contributed by atoms with Crippen molar-refractivity contribution >= 4 is 11.6 Å². The molecular weight excluding hydrogens is 284 g/mol. The van der Waals surface area contributed by atoms with Crippen LogP contribution in [-0.2, 0) is 6.54 Å². The van der Waals surface area contributed by atoms with Gasteiger partial charge in [0.15, 0.2) is 0 Å². The Morgan fingerprint density at radius 2 is 2.05 bits per heavy atom. The molecule has 0 N–H and O–H groups in total. The van der Waals surface area contributed by atoms with Crippen LogP contribution >= 0.6 is 11.6 Å².